The van der Waals surface area contributed by atoms with Gasteiger partial charge in [0.15, 0.2) is 0 Å². The molecule has 0 radical (unpaired) electrons. The Labute approximate surface area is 103 Å². The van der Waals surface area contributed by atoms with Crippen molar-refractivity contribution >= 4 is 5.97 Å². The fraction of sp³-hybridized carbons (Fsp3) is 0.929. The lowest BCUT2D eigenvalue weighted by Gasteiger charge is -2.61. The van der Waals surface area contributed by atoms with E-state index in [0.29, 0.717) is 6.61 Å². The molecule has 2 unspecified atom stereocenters. The van der Waals surface area contributed by atoms with Crippen LogP contribution in [-0.4, -0.2) is 25.3 Å². The number of ether oxygens (including phenoxy) is 2. The highest BCUT2D eigenvalue weighted by atomic mass is 16.5. The van der Waals surface area contributed by atoms with Crippen LogP contribution in [0.15, 0.2) is 0 Å². The number of carbonyl (C=O) groups excluding carboxylic acids is 1. The van der Waals surface area contributed by atoms with E-state index in [1.54, 1.807) is 0 Å². The second kappa shape index (κ2) is 3.71. The molecule has 0 aromatic rings. The Morgan fingerprint density at radius 1 is 1.24 bits per heavy atom. The van der Waals surface area contributed by atoms with Gasteiger partial charge in [-0.15, -0.1) is 0 Å². The van der Waals surface area contributed by atoms with Gasteiger partial charge in [-0.3, -0.25) is 4.79 Å². The smallest absolute Gasteiger partial charge is 0.302 e. The summed E-state index contributed by atoms with van der Waals surface area (Å²) in [5, 5.41) is 0. The Hall–Kier alpha value is -0.570. The fourth-order valence-corrected chi connectivity index (χ4v) is 5.03. The van der Waals surface area contributed by atoms with Crippen molar-refractivity contribution in [2.45, 2.75) is 51.0 Å². The van der Waals surface area contributed by atoms with Crippen LogP contribution in [0.25, 0.3) is 0 Å². The van der Waals surface area contributed by atoms with Crippen LogP contribution in [-0.2, 0) is 14.3 Å². The van der Waals surface area contributed by atoms with Crippen LogP contribution < -0.4 is 0 Å². The van der Waals surface area contributed by atoms with E-state index in [0.717, 1.165) is 18.3 Å². The van der Waals surface area contributed by atoms with Gasteiger partial charge in [-0.1, -0.05) is 0 Å². The molecule has 0 saturated heterocycles. The fourth-order valence-electron chi connectivity index (χ4n) is 5.03. The van der Waals surface area contributed by atoms with Gasteiger partial charge in [0.05, 0.1) is 12.2 Å². The Balaban J connectivity index is 1.80. The molecule has 17 heavy (non-hydrogen) atoms. The van der Waals surface area contributed by atoms with Gasteiger partial charge in [-0.05, 0) is 50.4 Å². The van der Waals surface area contributed by atoms with Crippen LogP contribution in [0.5, 0.6) is 0 Å². The van der Waals surface area contributed by atoms with Crippen molar-refractivity contribution in [2.75, 3.05) is 13.7 Å². The second-order valence-electron chi connectivity index (χ2n) is 6.63. The van der Waals surface area contributed by atoms with Crippen molar-refractivity contribution in [3.8, 4) is 0 Å². The summed E-state index contributed by atoms with van der Waals surface area (Å²) in [6, 6.07) is 0. The van der Waals surface area contributed by atoms with Crippen LogP contribution in [0.4, 0.5) is 0 Å². The standard InChI is InChI=1S/C14H22O3/c1-10(15)17-9-13-4-11-3-12(5-13)7-14(6-11,8-13)16-2/h11-12H,3-9H2,1-2H3. The van der Waals surface area contributed by atoms with Crippen LogP contribution in [0.3, 0.4) is 0 Å². The maximum atomic E-state index is 11.0. The number of methoxy groups -OCH3 is 1. The molecular formula is C14H22O3. The Morgan fingerprint density at radius 2 is 1.88 bits per heavy atom. The minimum atomic E-state index is -0.146. The zero-order valence-electron chi connectivity index (χ0n) is 10.8. The van der Waals surface area contributed by atoms with Gasteiger partial charge in [-0.2, -0.15) is 0 Å². The molecule has 4 bridgehead atoms. The molecule has 96 valence electrons. The van der Waals surface area contributed by atoms with Crippen molar-refractivity contribution in [3.05, 3.63) is 0 Å². The van der Waals surface area contributed by atoms with E-state index in [4.69, 9.17) is 9.47 Å². The van der Waals surface area contributed by atoms with Gasteiger partial charge >= 0.3 is 5.97 Å². The average molecular weight is 238 g/mol. The SMILES string of the molecule is COC12CC3CC(CC(COC(C)=O)(C3)C1)C2. The first-order valence-electron chi connectivity index (χ1n) is 6.73. The Morgan fingerprint density at radius 3 is 2.41 bits per heavy atom. The van der Waals surface area contributed by atoms with E-state index in [2.05, 4.69) is 0 Å². The molecule has 3 heteroatoms. The molecule has 4 rings (SSSR count). The minimum Gasteiger partial charge on any atom is -0.465 e. The number of rotatable bonds is 3. The van der Waals surface area contributed by atoms with Gasteiger partial charge in [0.25, 0.3) is 0 Å². The third-order valence-electron chi connectivity index (χ3n) is 5.14. The highest BCUT2D eigenvalue weighted by Gasteiger charge is 2.58. The number of hydrogen-bond acceptors (Lipinski definition) is 3. The molecular weight excluding hydrogens is 216 g/mol. The Kier molecular flexibility index (Phi) is 2.51. The lowest BCUT2D eigenvalue weighted by Crippen LogP contribution is -2.57. The predicted molar refractivity (Wildman–Crippen MR) is 63.5 cm³/mol. The summed E-state index contributed by atoms with van der Waals surface area (Å²) >= 11 is 0. The average Bonchev–Trinajstić information content (AvgIpc) is 2.25. The van der Waals surface area contributed by atoms with Gasteiger partial charge in [0, 0.05) is 19.4 Å². The van der Waals surface area contributed by atoms with Crippen molar-refractivity contribution in [2.24, 2.45) is 17.3 Å². The lowest BCUT2D eigenvalue weighted by molar-refractivity contribution is -0.196. The van der Waals surface area contributed by atoms with E-state index < -0.39 is 0 Å². The van der Waals surface area contributed by atoms with E-state index in [-0.39, 0.29) is 17.0 Å². The first-order valence-corrected chi connectivity index (χ1v) is 6.73. The molecule has 0 spiro atoms. The van der Waals surface area contributed by atoms with Crippen molar-refractivity contribution in [3.63, 3.8) is 0 Å². The number of carbonyl (C=O) groups is 1. The minimum absolute atomic E-state index is 0.101. The molecule has 0 aromatic carbocycles. The molecule has 0 aliphatic heterocycles. The highest BCUT2D eigenvalue weighted by molar-refractivity contribution is 5.65. The van der Waals surface area contributed by atoms with Gasteiger partial charge in [0.1, 0.15) is 0 Å². The zero-order valence-corrected chi connectivity index (χ0v) is 10.8. The number of esters is 1. The number of hydrogen-bond donors (Lipinski definition) is 0. The molecule has 4 saturated carbocycles. The van der Waals surface area contributed by atoms with Crippen LogP contribution in [0, 0.1) is 17.3 Å². The first kappa shape index (κ1) is 11.5. The van der Waals surface area contributed by atoms with E-state index in [1.165, 1.54) is 39.0 Å². The summed E-state index contributed by atoms with van der Waals surface area (Å²) in [5.41, 5.74) is 0.329. The first-order chi connectivity index (χ1) is 8.05. The van der Waals surface area contributed by atoms with Gasteiger partial charge in [-0.25, -0.2) is 0 Å². The molecule has 4 aliphatic rings. The molecule has 4 fully saturated rings. The second-order valence-corrected chi connectivity index (χ2v) is 6.63. The quantitative estimate of drug-likeness (QED) is 0.709. The third kappa shape index (κ3) is 1.88. The maximum absolute atomic E-state index is 11.0. The van der Waals surface area contributed by atoms with Crippen molar-refractivity contribution in [1.82, 2.24) is 0 Å². The normalized spacial score (nSPS) is 47.2. The molecule has 0 heterocycles. The highest BCUT2D eigenvalue weighted by Crippen LogP contribution is 2.62. The summed E-state index contributed by atoms with van der Waals surface area (Å²) < 4.78 is 11.2. The molecule has 0 amide bonds. The van der Waals surface area contributed by atoms with E-state index >= 15 is 0 Å². The topological polar surface area (TPSA) is 35.5 Å². The van der Waals surface area contributed by atoms with Crippen molar-refractivity contribution < 1.29 is 14.3 Å². The van der Waals surface area contributed by atoms with E-state index in [9.17, 15) is 4.79 Å². The molecule has 0 N–H and O–H groups in total. The molecule has 0 aromatic heterocycles. The Bertz CT molecular complexity index is 322. The van der Waals surface area contributed by atoms with Crippen LogP contribution >= 0.6 is 0 Å². The third-order valence-corrected chi connectivity index (χ3v) is 5.14. The van der Waals surface area contributed by atoms with Gasteiger partial charge < -0.3 is 9.47 Å². The maximum Gasteiger partial charge on any atom is 0.302 e. The zero-order chi connectivity index (χ0) is 12.1. The van der Waals surface area contributed by atoms with E-state index in [1.807, 2.05) is 7.11 Å². The lowest BCUT2D eigenvalue weighted by atomic mass is 9.48. The van der Waals surface area contributed by atoms with Gasteiger partial charge in [0.2, 0.25) is 0 Å². The largest absolute Gasteiger partial charge is 0.465 e. The molecule has 4 aliphatic carbocycles. The summed E-state index contributed by atoms with van der Waals surface area (Å²) in [6.07, 6.45) is 7.39. The van der Waals surface area contributed by atoms with Crippen LogP contribution in [0.2, 0.25) is 0 Å². The monoisotopic (exact) mass is 238 g/mol. The summed E-state index contributed by atoms with van der Waals surface area (Å²) in [5.74, 6) is 1.45. The van der Waals surface area contributed by atoms with Crippen molar-refractivity contribution in [1.29, 1.82) is 0 Å². The predicted octanol–water partition coefficient (Wildman–Crippen LogP) is 2.53. The summed E-state index contributed by atoms with van der Waals surface area (Å²) in [4.78, 5) is 11.0. The molecule has 3 nitrogen and oxygen atoms in total. The molecule has 2 atom stereocenters. The summed E-state index contributed by atoms with van der Waals surface area (Å²) in [7, 11) is 1.85. The summed E-state index contributed by atoms with van der Waals surface area (Å²) in [6.45, 7) is 2.12. The van der Waals surface area contributed by atoms with Crippen LogP contribution in [0.1, 0.15) is 45.4 Å².